The Bertz CT molecular complexity index is 493. The maximum atomic E-state index is 12.0. The number of nitrogens with one attached hydrogen (secondary N) is 2. The lowest BCUT2D eigenvalue weighted by Crippen LogP contribution is -2.26. The zero-order chi connectivity index (χ0) is 12.7. The normalized spacial score (nSPS) is 25.6. The summed E-state index contributed by atoms with van der Waals surface area (Å²) in [6.45, 7) is 2.07. The second-order valence-electron chi connectivity index (χ2n) is 5.22. The number of amides is 2. The van der Waals surface area contributed by atoms with Crippen LogP contribution in [0.4, 0.5) is 5.00 Å². The first-order chi connectivity index (χ1) is 8.65. The smallest absolute Gasteiger partial charge is 0.254 e. The van der Waals surface area contributed by atoms with Crippen LogP contribution in [0.3, 0.4) is 0 Å². The van der Waals surface area contributed by atoms with Gasteiger partial charge < -0.3 is 10.6 Å². The average molecular weight is 264 g/mol. The predicted octanol–water partition coefficient (Wildman–Crippen LogP) is 2.23. The van der Waals surface area contributed by atoms with E-state index in [0.717, 1.165) is 19.3 Å². The maximum Gasteiger partial charge on any atom is 0.254 e. The van der Waals surface area contributed by atoms with Crippen LogP contribution in [0.25, 0.3) is 0 Å². The number of anilines is 1. The van der Waals surface area contributed by atoms with Crippen molar-refractivity contribution in [3.63, 3.8) is 0 Å². The van der Waals surface area contributed by atoms with Crippen LogP contribution in [0, 0.1) is 11.8 Å². The molecule has 0 bridgehead atoms. The van der Waals surface area contributed by atoms with E-state index in [0.29, 0.717) is 22.5 Å². The number of hydrogen-bond donors (Lipinski definition) is 2. The minimum Gasteiger partial charge on any atom is -0.349 e. The van der Waals surface area contributed by atoms with Gasteiger partial charge in [0.25, 0.3) is 5.91 Å². The molecule has 0 aliphatic heterocycles. The average Bonchev–Trinajstić information content (AvgIpc) is 3.22. The quantitative estimate of drug-likeness (QED) is 0.876. The van der Waals surface area contributed by atoms with E-state index in [1.165, 1.54) is 11.3 Å². The van der Waals surface area contributed by atoms with Crippen molar-refractivity contribution in [2.24, 2.45) is 11.8 Å². The highest BCUT2D eigenvalue weighted by Crippen LogP contribution is 2.39. The molecule has 2 fully saturated rings. The summed E-state index contributed by atoms with van der Waals surface area (Å²) >= 11 is 1.41. The fourth-order valence-electron chi connectivity index (χ4n) is 1.97. The van der Waals surface area contributed by atoms with Gasteiger partial charge in [-0.1, -0.05) is 6.92 Å². The SMILES string of the molecule is C[C@@H]1C[C@@H]1C(=O)Nc1sccc1C(=O)NC1CC1. The summed E-state index contributed by atoms with van der Waals surface area (Å²) in [4.78, 5) is 23.8. The van der Waals surface area contributed by atoms with E-state index in [2.05, 4.69) is 17.6 Å². The lowest BCUT2D eigenvalue weighted by atomic mass is 10.2. The molecule has 2 aliphatic rings. The highest BCUT2D eigenvalue weighted by atomic mass is 32.1. The van der Waals surface area contributed by atoms with E-state index >= 15 is 0 Å². The molecule has 1 aromatic rings. The van der Waals surface area contributed by atoms with Crippen LogP contribution in [0.15, 0.2) is 11.4 Å². The van der Waals surface area contributed by atoms with Crippen molar-refractivity contribution in [3.05, 3.63) is 17.0 Å². The second kappa shape index (κ2) is 4.39. The Kier molecular flexibility index (Phi) is 2.86. The Balaban J connectivity index is 1.66. The minimum absolute atomic E-state index is 0.0467. The highest BCUT2D eigenvalue weighted by Gasteiger charge is 2.39. The van der Waals surface area contributed by atoms with Gasteiger partial charge in [-0.2, -0.15) is 0 Å². The van der Waals surface area contributed by atoms with Crippen molar-refractivity contribution in [2.45, 2.75) is 32.2 Å². The van der Waals surface area contributed by atoms with E-state index in [9.17, 15) is 9.59 Å². The molecule has 96 valence electrons. The Morgan fingerprint density at radius 1 is 1.39 bits per heavy atom. The molecule has 2 N–H and O–H groups in total. The predicted molar refractivity (Wildman–Crippen MR) is 70.7 cm³/mol. The summed E-state index contributed by atoms with van der Waals surface area (Å²) < 4.78 is 0. The van der Waals surface area contributed by atoms with Crippen LogP contribution in [0.5, 0.6) is 0 Å². The molecule has 0 saturated heterocycles. The van der Waals surface area contributed by atoms with Gasteiger partial charge in [-0.15, -0.1) is 11.3 Å². The van der Waals surface area contributed by atoms with E-state index in [4.69, 9.17) is 0 Å². The Morgan fingerprint density at radius 2 is 2.11 bits per heavy atom. The van der Waals surface area contributed by atoms with Crippen LogP contribution >= 0.6 is 11.3 Å². The third-order valence-corrected chi connectivity index (χ3v) is 4.34. The lowest BCUT2D eigenvalue weighted by molar-refractivity contribution is -0.117. The zero-order valence-corrected chi connectivity index (χ0v) is 11.0. The number of hydrogen-bond acceptors (Lipinski definition) is 3. The van der Waals surface area contributed by atoms with E-state index in [1.807, 2.05) is 5.38 Å². The maximum absolute atomic E-state index is 12.0. The molecule has 1 heterocycles. The first-order valence-electron chi connectivity index (χ1n) is 6.34. The number of carbonyl (C=O) groups is 2. The van der Waals surface area contributed by atoms with Crippen molar-refractivity contribution < 1.29 is 9.59 Å². The molecular formula is C13H16N2O2S. The molecule has 3 rings (SSSR count). The molecular weight excluding hydrogens is 248 g/mol. The highest BCUT2D eigenvalue weighted by molar-refractivity contribution is 7.14. The van der Waals surface area contributed by atoms with Crippen molar-refractivity contribution in [2.75, 3.05) is 5.32 Å². The van der Waals surface area contributed by atoms with Crippen molar-refractivity contribution in [1.29, 1.82) is 0 Å². The van der Waals surface area contributed by atoms with Gasteiger partial charge in [0.05, 0.1) is 5.56 Å². The summed E-state index contributed by atoms with van der Waals surface area (Å²) in [5, 5.41) is 8.34. The Morgan fingerprint density at radius 3 is 2.72 bits per heavy atom. The van der Waals surface area contributed by atoms with Gasteiger partial charge >= 0.3 is 0 Å². The first kappa shape index (κ1) is 11.7. The fraction of sp³-hybridized carbons (Fsp3) is 0.538. The molecule has 18 heavy (non-hydrogen) atoms. The summed E-state index contributed by atoms with van der Waals surface area (Å²) in [5.41, 5.74) is 0.591. The standard InChI is InChI=1S/C13H16N2O2S/c1-7-6-10(7)12(17)15-13-9(4-5-18-13)11(16)14-8-2-3-8/h4-5,7-8,10H,2-3,6H2,1H3,(H,14,16)(H,15,17)/t7-,10+/m1/s1. The largest absolute Gasteiger partial charge is 0.349 e. The van der Waals surface area contributed by atoms with Gasteiger partial charge in [-0.25, -0.2) is 0 Å². The second-order valence-corrected chi connectivity index (χ2v) is 6.14. The van der Waals surface area contributed by atoms with E-state index < -0.39 is 0 Å². The number of thiophene rings is 1. The van der Waals surface area contributed by atoms with Gasteiger partial charge in [0.15, 0.2) is 0 Å². The van der Waals surface area contributed by atoms with Crippen LogP contribution in [0.2, 0.25) is 0 Å². The number of rotatable bonds is 4. The molecule has 5 heteroatoms. The molecule has 2 amide bonds. The third-order valence-electron chi connectivity index (χ3n) is 3.51. The van der Waals surface area contributed by atoms with Crippen molar-refractivity contribution in [3.8, 4) is 0 Å². The van der Waals surface area contributed by atoms with Gasteiger partial charge in [0, 0.05) is 12.0 Å². The molecule has 2 saturated carbocycles. The zero-order valence-electron chi connectivity index (χ0n) is 10.2. The molecule has 2 atom stereocenters. The molecule has 0 unspecified atom stereocenters. The molecule has 0 radical (unpaired) electrons. The topological polar surface area (TPSA) is 58.2 Å². The third kappa shape index (κ3) is 2.41. The van der Waals surface area contributed by atoms with Crippen LogP contribution in [-0.4, -0.2) is 17.9 Å². The Hall–Kier alpha value is -1.36. The number of carbonyl (C=O) groups excluding carboxylic acids is 2. The van der Waals surface area contributed by atoms with Crippen LogP contribution in [-0.2, 0) is 4.79 Å². The van der Waals surface area contributed by atoms with Crippen LogP contribution in [0.1, 0.15) is 36.5 Å². The van der Waals surface area contributed by atoms with Gasteiger partial charge in [-0.05, 0) is 36.6 Å². The molecule has 2 aliphatic carbocycles. The van der Waals surface area contributed by atoms with Crippen molar-refractivity contribution in [1.82, 2.24) is 5.32 Å². The van der Waals surface area contributed by atoms with Crippen molar-refractivity contribution >= 4 is 28.2 Å². The van der Waals surface area contributed by atoms with E-state index in [1.54, 1.807) is 6.07 Å². The first-order valence-corrected chi connectivity index (χ1v) is 7.22. The van der Waals surface area contributed by atoms with E-state index in [-0.39, 0.29) is 17.7 Å². The van der Waals surface area contributed by atoms with Crippen LogP contribution < -0.4 is 10.6 Å². The Labute approximate surface area is 110 Å². The van der Waals surface area contributed by atoms with Gasteiger partial charge in [-0.3, -0.25) is 9.59 Å². The summed E-state index contributed by atoms with van der Waals surface area (Å²) in [6, 6.07) is 2.11. The summed E-state index contributed by atoms with van der Waals surface area (Å²) in [6.07, 6.45) is 3.09. The summed E-state index contributed by atoms with van der Waals surface area (Å²) in [7, 11) is 0. The summed E-state index contributed by atoms with van der Waals surface area (Å²) in [5.74, 6) is 0.587. The molecule has 1 aromatic heterocycles. The molecule has 0 spiro atoms. The van der Waals surface area contributed by atoms with Gasteiger partial charge in [0.2, 0.25) is 5.91 Å². The molecule has 4 nitrogen and oxygen atoms in total. The van der Waals surface area contributed by atoms with Gasteiger partial charge in [0.1, 0.15) is 5.00 Å². The lowest BCUT2D eigenvalue weighted by Gasteiger charge is -2.06. The minimum atomic E-state index is -0.0714. The molecule has 0 aromatic carbocycles. The fourth-order valence-corrected chi connectivity index (χ4v) is 2.76. The monoisotopic (exact) mass is 264 g/mol.